The zero-order valence-electron chi connectivity index (χ0n) is 20.2. The normalized spacial score (nSPS) is 28.1. The van der Waals surface area contributed by atoms with Gasteiger partial charge >= 0.3 is 6.09 Å². The van der Waals surface area contributed by atoms with Gasteiger partial charge < -0.3 is 24.4 Å². The molecule has 1 amide bonds. The maximum atomic E-state index is 15.4. The van der Waals surface area contributed by atoms with E-state index in [1.807, 2.05) is 26.8 Å². The van der Waals surface area contributed by atoms with Gasteiger partial charge in [0.15, 0.2) is 5.82 Å². The second-order valence-electron chi connectivity index (χ2n) is 9.95. The fourth-order valence-electron chi connectivity index (χ4n) is 4.82. The number of piperidine rings is 1. The van der Waals surface area contributed by atoms with Gasteiger partial charge in [-0.25, -0.2) is 9.78 Å². The van der Waals surface area contributed by atoms with Crippen molar-refractivity contribution in [3.8, 4) is 11.9 Å². The number of halogens is 2. The topological polar surface area (TPSA) is 110 Å². The largest absolute Gasteiger partial charge is 0.471 e. The molecule has 2 aliphatic heterocycles. The fraction of sp³-hybridized carbons (Fsp3) is 0.520. The van der Waals surface area contributed by atoms with Gasteiger partial charge in [0.05, 0.1) is 34.6 Å². The Kier molecular flexibility index (Phi) is 6.39. The number of benzene rings is 1. The molecular formula is C25H27ClFN5O4. The van der Waals surface area contributed by atoms with Crippen LogP contribution in [0, 0.1) is 29.0 Å². The fourth-order valence-corrected chi connectivity index (χ4v) is 5.05. The summed E-state index contributed by atoms with van der Waals surface area (Å²) >= 11 is 6.22. The summed E-state index contributed by atoms with van der Waals surface area (Å²) in [5.41, 5.74) is 0.414. The van der Waals surface area contributed by atoms with Crippen molar-refractivity contribution >= 4 is 29.2 Å². The number of nitrogens with zero attached hydrogens (tertiary/aromatic N) is 4. The monoisotopic (exact) mass is 515 g/mol. The summed E-state index contributed by atoms with van der Waals surface area (Å²) in [4.78, 5) is 22.6. The van der Waals surface area contributed by atoms with Crippen LogP contribution < -0.4 is 10.1 Å². The molecule has 1 aromatic heterocycles. The number of rotatable bonds is 5. The Bertz CT molecular complexity index is 1200. The summed E-state index contributed by atoms with van der Waals surface area (Å²) in [6.45, 7) is 6.55. The first-order valence-corrected chi connectivity index (χ1v) is 12.3. The second-order valence-corrected chi connectivity index (χ2v) is 10.4. The maximum Gasteiger partial charge on any atom is 0.410 e. The third-order valence-electron chi connectivity index (χ3n) is 7.24. The third-order valence-corrected chi connectivity index (χ3v) is 7.56. The van der Waals surface area contributed by atoms with E-state index in [2.05, 4.69) is 15.3 Å². The van der Waals surface area contributed by atoms with Crippen LogP contribution in [0.1, 0.15) is 39.2 Å². The lowest BCUT2D eigenvalue weighted by atomic mass is 9.77. The average Bonchev–Trinajstić information content (AvgIpc) is 3.57. The van der Waals surface area contributed by atoms with Gasteiger partial charge in [0.2, 0.25) is 5.82 Å². The van der Waals surface area contributed by atoms with E-state index in [0.717, 1.165) is 12.8 Å². The number of hydrogen-bond donors (Lipinski definition) is 1. The molecule has 1 N–H and O–H groups in total. The Labute approximate surface area is 213 Å². The molecule has 2 bridgehead atoms. The van der Waals surface area contributed by atoms with Crippen LogP contribution >= 0.6 is 11.6 Å². The number of hydrogen-bond acceptors (Lipinski definition) is 8. The van der Waals surface area contributed by atoms with Gasteiger partial charge in [-0.1, -0.05) is 11.6 Å². The number of anilines is 2. The molecule has 1 aromatic carbocycles. The molecule has 3 heterocycles. The number of nitriles is 1. The summed E-state index contributed by atoms with van der Waals surface area (Å²) in [5, 5.41) is 12.1. The number of amides is 1. The van der Waals surface area contributed by atoms with E-state index in [-0.39, 0.29) is 52.5 Å². The van der Waals surface area contributed by atoms with Gasteiger partial charge in [-0.15, -0.1) is 0 Å². The third kappa shape index (κ3) is 4.77. The minimum absolute atomic E-state index is 0.104. The molecule has 1 aliphatic carbocycles. The number of fused-ring (bicyclic) bond motifs is 2. The molecule has 0 spiro atoms. The van der Waals surface area contributed by atoms with Crippen molar-refractivity contribution in [3.63, 3.8) is 0 Å². The molecule has 36 heavy (non-hydrogen) atoms. The Hall–Kier alpha value is -3.16. The highest BCUT2D eigenvalue weighted by Gasteiger charge is 2.51. The maximum absolute atomic E-state index is 15.4. The Morgan fingerprint density at radius 3 is 2.58 bits per heavy atom. The van der Waals surface area contributed by atoms with Gasteiger partial charge in [0.25, 0.3) is 5.88 Å². The van der Waals surface area contributed by atoms with Crippen molar-refractivity contribution in [1.82, 2.24) is 14.9 Å². The molecule has 3 fully saturated rings. The molecule has 2 saturated heterocycles. The standard InChI is InChI=1S/C25H27ClFN5O4/c1-13-16-10-32(24(33)36-25(3)6-7-25)11-17(14(2)34-13)21(16)35-23-20(27)22(29-12-30-23)31-19-5-4-15(9-28)8-18(19)26/h4-5,8,12-14,16-17,21H,6-7,10-11H2,1-3H3,(H,29,30,31). The number of likely N-dealkylation sites (tertiary alicyclic amines) is 1. The van der Waals surface area contributed by atoms with Crippen molar-refractivity contribution in [2.24, 2.45) is 11.8 Å². The van der Waals surface area contributed by atoms with E-state index in [1.54, 1.807) is 17.0 Å². The van der Waals surface area contributed by atoms with Crippen LogP contribution in [0.2, 0.25) is 5.02 Å². The Morgan fingerprint density at radius 1 is 1.28 bits per heavy atom. The van der Waals surface area contributed by atoms with Gasteiger partial charge in [-0.05, 0) is 51.8 Å². The first-order chi connectivity index (χ1) is 17.2. The van der Waals surface area contributed by atoms with Crippen LogP contribution in [0.15, 0.2) is 24.5 Å². The van der Waals surface area contributed by atoms with Crippen molar-refractivity contribution in [2.45, 2.75) is 57.5 Å². The summed E-state index contributed by atoms with van der Waals surface area (Å²) in [6, 6.07) is 6.62. The molecule has 4 unspecified atom stereocenters. The van der Waals surface area contributed by atoms with Crippen LogP contribution in [0.4, 0.5) is 20.7 Å². The molecule has 11 heteroatoms. The van der Waals surface area contributed by atoms with E-state index < -0.39 is 11.9 Å². The average molecular weight is 516 g/mol. The molecule has 2 aromatic rings. The Balaban J connectivity index is 1.35. The van der Waals surface area contributed by atoms with E-state index >= 15 is 4.39 Å². The summed E-state index contributed by atoms with van der Waals surface area (Å²) in [6.07, 6.45) is 1.78. The van der Waals surface area contributed by atoms with Crippen molar-refractivity contribution in [2.75, 3.05) is 18.4 Å². The van der Waals surface area contributed by atoms with Gasteiger partial charge in [-0.3, -0.25) is 0 Å². The van der Waals surface area contributed by atoms with Crippen LogP contribution in [-0.4, -0.2) is 58.0 Å². The second kappa shape index (κ2) is 9.37. The highest BCUT2D eigenvalue weighted by atomic mass is 35.5. The van der Waals surface area contributed by atoms with Crippen LogP contribution in [0.3, 0.4) is 0 Å². The van der Waals surface area contributed by atoms with E-state index in [4.69, 9.17) is 31.1 Å². The van der Waals surface area contributed by atoms with Crippen molar-refractivity contribution in [3.05, 3.63) is 40.9 Å². The van der Waals surface area contributed by atoms with Crippen LogP contribution in [0.5, 0.6) is 5.88 Å². The minimum Gasteiger partial charge on any atom is -0.471 e. The zero-order valence-corrected chi connectivity index (χ0v) is 21.0. The zero-order chi connectivity index (χ0) is 25.6. The minimum atomic E-state index is -0.763. The molecule has 5 rings (SSSR count). The lowest BCUT2D eigenvalue weighted by Crippen LogP contribution is -2.63. The molecule has 0 radical (unpaired) electrons. The number of aromatic nitrogens is 2. The Morgan fingerprint density at radius 2 is 1.97 bits per heavy atom. The lowest BCUT2D eigenvalue weighted by molar-refractivity contribution is -0.181. The van der Waals surface area contributed by atoms with Gasteiger partial charge in [0, 0.05) is 24.9 Å². The highest BCUT2D eigenvalue weighted by Crippen LogP contribution is 2.42. The number of carbonyl (C=O) groups is 1. The van der Waals surface area contributed by atoms with Crippen molar-refractivity contribution in [1.29, 1.82) is 5.26 Å². The number of ether oxygens (including phenoxy) is 3. The summed E-state index contributed by atoms with van der Waals surface area (Å²) in [7, 11) is 0. The van der Waals surface area contributed by atoms with E-state index in [9.17, 15) is 4.79 Å². The van der Waals surface area contributed by atoms with Gasteiger partial charge in [0.1, 0.15) is 18.0 Å². The summed E-state index contributed by atoms with van der Waals surface area (Å²) in [5.74, 6) is -1.45. The first kappa shape index (κ1) is 24.5. The first-order valence-electron chi connectivity index (χ1n) is 11.9. The van der Waals surface area contributed by atoms with Crippen LogP contribution in [-0.2, 0) is 9.47 Å². The SMILES string of the molecule is CC1OC(C)C2CN(C(=O)OC3(C)CC3)CC1C2Oc1ncnc(Nc2ccc(C#N)cc2Cl)c1F. The number of carbonyl (C=O) groups excluding carboxylic acids is 1. The van der Waals surface area contributed by atoms with Crippen LogP contribution in [0.25, 0.3) is 0 Å². The van der Waals surface area contributed by atoms with E-state index in [1.165, 1.54) is 12.4 Å². The molecule has 190 valence electrons. The molecule has 9 nitrogen and oxygen atoms in total. The number of nitrogens with one attached hydrogen (secondary N) is 1. The molecule has 3 aliphatic rings. The smallest absolute Gasteiger partial charge is 0.410 e. The highest BCUT2D eigenvalue weighted by molar-refractivity contribution is 6.33. The van der Waals surface area contributed by atoms with E-state index in [0.29, 0.717) is 24.3 Å². The molecule has 1 saturated carbocycles. The predicted molar refractivity (Wildman–Crippen MR) is 129 cm³/mol. The van der Waals surface area contributed by atoms with Gasteiger partial charge in [-0.2, -0.15) is 14.6 Å². The lowest BCUT2D eigenvalue weighted by Gasteiger charge is -2.51. The molecular weight excluding hydrogens is 489 g/mol. The van der Waals surface area contributed by atoms with Crippen molar-refractivity contribution < 1.29 is 23.4 Å². The summed E-state index contributed by atoms with van der Waals surface area (Å²) < 4.78 is 33.4. The quantitative estimate of drug-likeness (QED) is 0.611. The molecule has 4 atom stereocenters. The predicted octanol–water partition coefficient (Wildman–Crippen LogP) is 4.68.